The summed E-state index contributed by atoms with van der Waals surface area (Å²) in [5.41, 5.74) is 5.37. The van der Waals surface area contributed by atoms with Crippen LogP contribution in [0, 0.1) is 0 Å². The molecule has 18 heteroatoms. The zero-order valence-corrected chi connectivity index (χ0v) is 20.4. The number of aromatic nitrogens is 1. The Balaban J connectivity index is 2.18. The number of rotatable bonds is 11. The lowest BCUT2D eigenvalue weighted by molar-refractivity contribution is -0.143. The fourth-order valence-electron chi connectivity index (χ4n) is 2.81. The molecule has 1 aromatic heterocycles. The van der Waals surface area contributed by atoms with Crippen molar-refractivity contribution in [3.63, 3.8) is 0 Å². The van der Waals surface area contributed by atoms with E-state index in [1.165, 1.54) is 17.4 Å². The molecule has 0 bridgehead atoms. The van der Waals surface area contributed by atoms with Gasteiger partial charge in [-0.3, -0.25) is 14.1 Å². The van der Waals surface area contributed by atoms with Crippen molar-refractivity contribution in [2.75, 3.05) is 44.9 Å². The second-order valence-electron chi connectivity index (χ2n) is 6.33. The molecule has 6 N–H and O–H groups in total. The van der Waals surface area contributed by atoms with Gasteiger partial charge in [0.25, 0.3) is 11.8 Å². The molecule has 0 aliphatic carbocycles. The molecular weight excluding hydrogens is 520 g/mol. The molecular formula is C15H22N6O8S4. The number of thiazole rings is 1. The molecule has 1 aliphatic heterocycles. The number of nitrogens with one attached hydrogen (secondary N) is 1. The summed E-state index contributed by atoms with van der Waals surface area (Å²) in [5.74, 6) is -2.06. The lowest BCUT2D eigenvalue weighted by Crippen LogP contribution is -2.73. The van der Waals surface area contributed by atoms with Gasteiger partial charge in [0.05, 0.1) is 19.3 Å². The van der Waals surface area contributed by atoms with Crippen LogP contribution in [0.3, 0.4) is 0 Å². The largest absolute Gasteiger partial charge is 0.398 e. The van der Waals surface area contributed by atoms with Crippen LogP contribution in [0.25, 0.3) is 0 Å². The quantitative estimate of drug-likeness (QED) is 0.0667. The summed E-state index contributed by atoms with van der Waals surface area (Å²) < 4.78 is 33.2. The molecule has 14 nitrogen and oxygen atoms in total. The molecule has 2 heterocycles. The van der Waals surface area contributed by atoms with Gasteiger partial charge in [-0.15, -0.1) is 11.3 Å². The van der Waals surface area contributed by atoms with E-state index in [-0.39, 0.29) is 57.2 Å². The number of nitrogens with zero attached hydrogens (tertiary/aromatic N) is 4. The summed E-state index contributed by atoms with van der Waals surface area (Å²) in [6.45, 7) is -0.208. The van der Waals surface area contributed by atoms with Crippen molar-refractivity contribution in [3.8, 4) is 0 Å². The van der Waals surface area contributed by atoms with Crippen LogP contribution in [0.15, 0.2) is 10.5 Å². The van der Waals surface area contributed by atoms with E-state index in [0.29, 0.717) is 0 Å². The molecule has 2 amide bonds. The highest BCUT2D eigenvalue weighted by Crippen LogP contribution is 2.28. The van der Waals surface area contributed by atoms with E-state index in [0.717, 1.165) is 23.1 Å². The molecule has 1 aromatic rings. The van der Waals surface area contributed by atoms with Crippen LogP contribution in [0.1, 0.15) is 5.69 Å². The second kappa shape index (κ2) is 11.9. The molecule has 0 spiro atoms. The lowest BCUT2D eigenvalue weighted by atomic mass is 10.0. The number of carbonyl (C=O) groups excluding carboxylic acids is 2. The van der Waals surface area contributed by atoms with Crippen LogP contribution in [-0.2, 0) is 24.7 Å². The van der Waals surface area contributed by atoms with Crippen molar-refractivity contribution in [2.24, 2.45) is 5.16 Å². The number of oxime groups is 1. The number of nitrogens with two attached hydrogens (primary N) is 1. The van der Waals surface area contributed by atoms with Gasteiger partial charge >= 0.3 is 10.3 Å². The van der Waals surface area contributed by atoms with Gasteiger partial charge in [0.1, 0.15) is 23.2 Å². The molecule has 2 rings (SSSR count). The van der Waals surface area contributed by atoms with E-state index in [1.807, 2.05) is 0 Å². The Morgan fingerprint density at radius 3 is 2.58 bits per heavy atom. The van der Waals surface area contributed by atoms with Crippen molar-refractivity contribution in [1.82, 2.24) is 19.5 Å². The minimum atomic E-state index is -4.90. The highest BCUT2D eigenvalue weighted by atomic mass is 32.2. The summed E-state index contributed by atoms with van der Waals surface area (Å²) in [4.78, 5) is 35.2. The SMILES string of the molecule is CO/N=C(/C(=O)N[C@@H]1C(=O)N(S(=O)(=O)O)[C@@H]1CSC(=S)N(CCO)CCO)c1csc(N)n1. The number of anilines is 1. The monoisotopic (exact) mass is 542 g/mol. The molecule has 0 unspecified atom stereocenters. The van der Waals surface area contributed by atoms with Crippen LogP contribution in [0.5, 0.6) is 0 Å². The van der Waals surface area contributed by atoms with Gasteiger partial charge in [-0.1, -0.05) is 29.1 Å². The number of aliphatic hydroxyl groups excluding tert-OH is 2. The van der Waals surface area contributed by atoms with Gasteiger partial charge in [-0.05, 0) is 0 Å². The number of nitrogen functional groups attached to an aromatic ring is 1. The summed E-state index contributed by atoms with van der Waals surface area (Å²) >= 11 is 7.23. The first-order valence-electron chi connectivity index (χ1n) is 9.12. The minimum Gasteiger partial charge on any atom is -0.398 e. The third kappa shape index (κ3) is 6.71. The Morgan fingerprint density at radius 1 is 1.45 bits per heavy atom. The maximum absolute atomic E-state index is 12.7. The predicted molar refractivity (Wildman–Crippen MR) is 125 cm³/mol. The number of thioether (sulfide) groups is 1. The van der Waals surface area contributed by atoms with Crippen molar-refractivity contribution in [2.45, 2.75) is 12.1 Å². The molecule has 0 aromatic carbocycles. The molecule has 33 heavy (non-hydrogen) atoms. The van der Waals surface area contributed by atoms with Gasteiger partial charge in [0, 0.05) is 24.2 Å². The Kier molecular flexibility index (Phi) is 9.76. The molecule has 184 valence electrons. The Hall–Kier alpha value is -2.09. The maximum Gasteiger partial charge on any atom is 0.362 e. The molecule has 2 atom stereocenters. The minimum absolute atomic E-state index is 0.0889. The lowest BCUT2D eigenvalue weighted by Gasteiger charge is -2.44. The van der Waals surface area contributed by atoms with Crippen molar-refractivity contribution < 1.29 is 37.6 Å². The number of β-lactam (4-membered cyclic amide) rings is 1. The van der Waals surface area contributed by atoms with Gasteiger partial charge in [0.2, 0.25) is 0 Å². The van der Waals surface area contributed by atoms with Gasteiger partial charge in [0.15, 0.2) is 10.8 Å². The van der Waals surface area contributed by atoms with Crippen LogP contribution >= 0.6 is 35.3 Å². The van der Waals surface area contributed by atoms with E-state index in [4.69, 9.17) is 28.2 Å². The topological polar surface area (TPSA) is 208 Å². The van der Waals surface area contributed by atoms with E-state index in [2.05, 4.69) is 20.3 Å². The highest BCUT2D eigenvalue weighted by Gasteiger charge is 2.54. The second-order valence-corrected chi connectivity index (χ2v) is 10.2. The number of amides is 2. The molecule has 0 radical (unpaired) electrons. The van der Waals surface area contributed by atoms with Crippen molar-refractivity contribution in [1.29, 1.82) is 0 Å². The molecule has 0 saturated carbocycles. The average molecular weight is 543 g/mol. The zero-order valence-electron chi connectivity index (χ0n) is 17.1. The van der Waals surface area contributed by atoms with E-state index in [1.54, 1.807) is 0 Å². The van der Waals surface area contributed by atoms with Crippen molar-refractivity contribution >= 4 is 72.6 Å². The van der Waals surface area contributed by atoms with Crippen LogP contribution < -0.4 is 11.1 Å². The summed E-state index contributed by atoms with van der Waals surface area (Å²) in [6.07, 6.45) is 0. The van der Waals surface area contributed by atoms with Gasteiger partial charge in [-0.25, -0.2) is 9.29 Å². The van der Waals surface area contributed by atoms with E-state index in [9.17, 15) is 22.6 Å². The Labute approximate surface area is 202 Å². The number of aliphatic hydroxyl groups is 2. The average Bonchev–Trinajstić information content (AvgIpc) is 3.17. The summed E-state index contributed by atoms with van der Waals surface area (Å²) in [7, 11) is -3.70. The standard InChI is InChI=1S/C15H22N6O8S4/c1-29-19-10(8-6-31-14(16)17-8)12(24)18-11-9(21(13(11)25)33(26,27)28)7-32-15(30)20(2-4-22)3-5-23/h6,9,11,22-23H,2-5,7H2,1H3,(H2,16,17)(H,18,24)(H,26,27,28)/b19-10+/t9-,11+/m1/s1. The summed E-state index contributed by atoms with van der Waals surface area (Å²) in [5, 5.41) is 25.8. The summed E-state index contributed by atoms with van der Waals surface area (Å²) in [6, 6.07) is -2.49. The van der Waals surface area contributed by atoms with Crippen LogP contribution in [-0.4, -0.2) is 110 Å². The van der Waals surface area contributed by atoms with Gasteiger partial charge in [-0.2, -0.15) is 8.42 Å². The van der Waals surface area contributed by atoms with Gasteiger partial charge < -0.3 is 31.0 Å². The first-order chi connectivity index (χ1) is 15.5. The zero-order chi connectivity index (χ0) is 24.8. The Morgan fingerprint density at radius 2 is 2.09 bits per heavy atom. The van der Waals surface area contributed by atoms with Crippen LogP contribution in [0.2, 0.25) is 0 Å². The number of hydrogen-bond donors (Lipinski definition) is 5. The number of hydrogen-bond acceptors (Lipinski definition) is 13. The fourth-order valence-corrected chi connectivity index (χ4v) is 5.74. The number of carbonyl (C=O) groups is 2. The fraction of sp³-hybridized carbons (Fsp3) is 0.533. The predicted octanol–water partition coefficient (Wildman–Crippen LogP) is -2.12. The first-order valence-corrected chi connectivity index (χ1v) is 12.8. The third-order valence-corrected chi connectivity index (χ3v) is 7.49. The third-order valence-electron chi connectivity index (χ3n) is 4.24. The smallest absolute Gasteiger partial charge is 0.362 e. The molecule has 1 saturated heterocycles. The van der Waals surface area contributed by atoms with Crippen molar-refractivity contribution in [3.05, 3.63) is 11.1 Å². The number of thiocarbonyl (C=S) groups is 1. The molecule has 1 aliphatic rings. The molecule has 1 fully saturated rings. The Bertz CT molecular complexity index is 1010. The normalized spacial score (nSPS) is 18.6. The highest BCUT2D eigenvalue weighted by molar-refractivity contribution is 8.22. The maximum atomic E-state index is 12.7. The van der Waals surface area contributed by atoms with Crippen LogP contribution in [0.4, 0.5) is 5.13 Å². The van der Waals surface area contributed by atoms with E-state index < -0.39 is 34.2 Å². The van der Waals surface area contributed by atoms with E-state index >= 15 is 0 Å². The first kappa shape index (κ1) is 27.2.